The molecule has 3 heteroatoms. The van der Waals surface area contributed by atoms with Gasteiger partial charge in [0, 0.05) is 0 Å². The summed E-state index contributed by atoms with van der Waals surface area (Å²) in [4.78, 5) is 0. The van der Waals surface area contributed by atoms with Gasteiger partial charge in [-0.15, -0.1) is 0 Å². The van der Waals surface area contributed by atoms with Crippen LogP contribution in [0.2, 0.25) is 0 Å². The minimum Gasteiger partial charge on any atom is -0.435 e. The van der Waals surface area contributed by atoms with Crippen molar-refractivity contribution in [2.24, 2.45) is 29.6 Å². The highest BCUT2D eigenvalue weighted by molar-refractivity contribution is 5.30. The third-order valence-corrected chi connectivity index (χ3v) is 9.96. The Kier molecular flexibility index (Phi) is 10.8. The van der Waals surface area contributed by atoms with Gasteiger partial charge in [0.1, 0.15) is 5.75 Å². The van der Waals surface area contributed by atoms with Gasteiger partial charge >= 0.3 is 6.61 Å². The Morgan fingerprint density at radius 1 is 0.686 bits per heavy atom. The highest BCUT2D eigenvalue weighted by atomic mass is 19.3. The first kappa shape index (κ1) is 26.9. The van der Waals surface area contributed by atoms with Crippen LogP contribution in [0.5, 0.6) is 5.75 Å². The van der Waals surface area contributed by atoms with Crippen LogP contribution in [0.4, 0.5) is 8.78 Å². The second-order valence-corrected chi connectivity index (χ2v) is 12.3. The van der Waals surface area contributed by atoms with E-state index < -0.39 is 6.61 Å². The summed E-state index contributed by atoms with van der Waals surface area (Å²) in [5.74, 6) is 5.67. The lowest BCUT2D eigenvalue weighted by atomic mass is 9.63. The van der Waals surface area contributed by atoms with E-state index in [1.165, 1.54) is 121 Å². The summed E-state index contributed by atoms with van der Waals surface area (Å²) in [6.45, 7) is -0.440. The maximum absolute atomic E-state index is 12.4. The Balaban J connectivity index is 1.12. The fourth-order valence-electron chi connectivity index (χ4n) is 7.79. The van der Waals surface area contributed by atoms with Crippen molar-refractivity contribution in [3.8, 4) is 5.75 Å². The third kappa shape index (κ3) is 8.46. The first-order valence-electron chi connectivity index (χ1n) is 15.2. The molecule has 198 valence electrons. The largest absolute Gasteiger partial charge is 0.435 e. The molecule has 4 unspecified atom stereocenters. The van der Waals surface area contributed by atoms with Crippen LogP contribution < -0.4 is 4.74 Å². The molecule has 3 aliphatic rings. The number of hydrogen-bond donors (Lipinski definition) is 0. The fourth-order valence-corrected chi connectivity index (χ4v) is 7.79. The summed E-state index contributed by atoms with van der Waals surface area (Å²) >= 11 is 0. The molecule has 1 aromatic rings. The molecule has 35 heavy (non-hydrogen) atoms. The Morgan fingerprint density at radius 2 is 1.29 bits per heavy atom. The van der Waals surface area contributed by atoms with Crippen LogP contribution in [0.15, 0.2) is 24.3 Å². The molecular weight excluding hydrogens is 438 g/mol. The topological polar surface area (TPSA) is 9.23 Å². The Morgan fingerprint density at radius 3 is 2.00 bits per heavy atom. The van der Waals surface area contributed by atoms with Crippen LogP contribution >= 0.6 is 0 Å². The van der Waals surface area contributed by atoms with Crippen molar-refractivity contribution >= 4 is 0 Å². The van der Waals surface area contributed by atoms with Gasteiger partial charge in [0.2, 0.25) is 0 Å². The fraction of sp³-hybridized carbons (Fsp3) is 0.812. The number of ether oxygens (including phenoxy) is 1. The van der Waals surface area contributed by atoms with Gasteiger partial charge in [0.05, 0.1) is 0 Å². The van der Waals surface area contributed by atoms with Gasteiger partial charge in [-0.2, -0.15) is 8.78 Å². The quantitative estimate of drug-likeness (QED) is 0.266. The molecule has 1 nitrogen and oxygen atoms in total. The van der Waals surface area contributed by atoms with E-state index in [0.29, 0.717) is 5.92 Å². The van der Waals surface area contributed by atoms with Crippen LogP contribution in [-0.2, 0) is 0 Å². The van der Waals surface area contributed by atoms with E-state index in [0.717, 1.165) is 29.6 Å². The number of alkyl halides is 2. The Labute approximate surface area is 213 Å². The molecule has 4 atom stereocenters. The maximum atomic E-state index is 12.4. The summed E-state index contributed by atoms with van der Waals surface area (Å²) in [7, 11) is 0. The molecule has 0 aromatic heterocycles. The molecule has 3 fully saturated rings. The van der Waals surface area contributed by atoms with Crippen molar-refractivity contribution < 1.29 is 13.5 Å². The summed E-state index contributed by atoms with van der Waals surface area (Å²) in [6, 6.07) is 7.45. The zero-order valence-corrected chi connectivity index (χ0v) is 22.2. The number of unbranched alkanes of at least 4 members (excludes halogenated alkanes) is 4. The third-order valence-electron chi connectivity index (χ3n) is 9.96. The Bertz CT molecular complexity index is 709. The summed E-state index contributed by atoms with van der Waals surface area (Å²) in [5, 5.41) is 0. The molecule has 1 aromatic carbocycles. The number of halogens is 2. The molecule has 0 amide bonds. The molecule has 0 spiro atoms. The first-order valence-corrected chi connectivity index (χ1v) is 15.2. The minimum atomic E-state index is -2.74. The SMILES string of the molecule is CCCCCCCC1CCC(CCC2CCC3CC(c4ccc(OC(F)F)cc4)CCC3C2)CC1. The molecule has 3 saturated carbocycles. The molecule has 4 rings (SSSR count). The molecule has 0 bridgehead atoms. The minimum absolute atomic E-state index is 0.272. The molecule has 0 radical (unpaired) electrons. The van der Waals surface area contributed by atoms with Crippen LogP contribution in [0.1, 0.15) is 134 Å². The van der Waals surface area contributed by atoms with E-state index in [-0.39, 0.29) is 5.75 Å². The van der Waals surface area contributed by atoms with Gasteiger partial charge in [0.15, 0.2) is 0 Å². The van der Waals surface area contributed by atoms with E-state index >= 15 is 0 Å². The van der Waals surface area contributed by atoms with Gasteiger partial charge < -0.3 is 4.74 Å². The normalized spacial score (nSPS) is 31.3. The summed E-state index contributed by atoms with van der Waals surface area (Å²) < 4.78 is 29.4. The average molecular weight is 489 g/mol. The van der Waals surface area contributed by atoms with Gasteiger partial charge in [-0.25, -0.2) is 0 Å². The predicted octanol–water partition coefficient (Wildman–Crippen LogP) is 10.5. The maximum Gasteiger partial charge on any atom is 0.387 e. The number of fused-ring (bicyclic) bond motifs is 1. The van der Waals surface area contributed by atoms with E-state index in [1.807, 2.05) is 12.1 Å². The lowest BCUT2D eigenvalue weighted by molar-refractivity contribution is -0.0498. The van der Waals surface area contributed by atoms with Crippen molar-refractivity contribution in [3.05, 3.63) is 29.8 Å². The van der Waals surface area contributed by atoms with Gasteiger partial charge in [0.25, 0.3) is 0 Å². The van der Waals surface area contributed by atoms with Gasteiger partial charge in [-0.1, -0.05) is 103 Å². The zero-order chi connectivity index (χ0) is 24.5. The van der Waals surface area contributed by atoms with Crippen molar-refractivity contribution in [2.45, 2.75) is 135 Å². The highest BCUT2D eigenvalue weighted by Gasteiger charge is 2.36. The first-order chi connectivity index (χ1) is 17.1. The zero-order valence-electron chi connectivity index (χ0n) is 22.2. The molecule has 0 aliphatic heterocycles. The molecule has 0 heterocycles. The van der Waals surface area contributed by atoms with Crippen LogP contribution in [0.3, 0.4) is 0 Å². The van der Waals surface area contributed by atoms with Gasteiger partial charge in [-0.05, 0) is 85.3 Å². The molecule has 0 N–H and O–H groups in total. The van der Waals surface area contributed by atoms with Crippen molar-refractivity contribution in [3.63, 3.8) is 0 Å². The van der Waals surface area contributed by atoms with Crippen molar-refractivity contribution in [2.75, 3.05) is 0 Å². The second-order valence-electron chi connectivity index (χ2n) is 12.3. The number of benzene rings is 1. The summed E-state index contributed by atoms with van der Waals surface area (Å²) in [5.41, 5.74) is 1.31. The summed E-state index contributed by atoms with van der Waals surface area (Å²) in [6.07, 6.45) is 25.8. The number of hydrogen-bond acceptors (Lipinski definition) is 1. The van der Waals surface area contributed by atoms with Gasteiger partial charge in [-0.3, -0.25) is 0 Å². The smallest absolute Gasteiger partial charge is 0.387 e. The Hall–Kier alpha value is -1.12. The lowest BCUT2D eigenvalue weighted by Crippen LogP contribution is -2.30. The van der Waals surface area contributed by atoms with E-state index in [4.69, 9.17) is 0 Å². The highest BCUT2D eigenvalue weighted by Crippen LogP contribution is 2.49. The average Bonchev–Trinajstić information content (AvgIpc) is 2.88. The van der Waals surface area contributed by atoms with Crippen molar-refractivity contribution in [1.29, 1.82) is 0 Å². The monoisotopic (exact) mass is 488 g/mol. The van der Waals surface area contributed by atoms with E-state index in [1.54, 1.807) is 12.1 Å². The predicted molar refractivity (Wildman–Crippen MR) is 142 cm³/mol. The molecular formula is C32H50F2O. The molecule has 0 saturated heterocycles. The number of rotatable bonds is 12. The van der Waals surface area contributed by atoms with E-state index in [9.17, 15) is 8.78 Å². The second kappa shape index (κ2) is 14.0. The van der Waals surface area contributed by atoms with Crippen LogP contribution in [0.25, 0.3) is 0 Å². The van der Waals surface area contributed by atoms with Crippen LogP contribution in [0, 0.1) is 29.6 Å². The lowest BCUT2D eigenvalue weighted by Gasteiger charge is -2.43. The van der Waals surface area contributed by atoms with Crippen molar-refractivity contribution in [1.82, 2.24) is 0 Å². The molecule has 3 aliphatic carbocycles. The van der Waals surface area contributed by atoms with Crippen LogP contribution in [-0.4, -0.2) is 6.61 Å². The standard InChI is InChI=1S/C32H50F2O/c1-2-3-4-5-6-7-24-8-10-25(11-9-24)12-13-26-14-15-30-23-29(17-16-28(30)22-26)27-18-20-31(21-19-27)35-32(33)34/h18-21,24-26,28-30,32H,2-17,22-23H2,1H3. The van der Waals surface area contributed by atoms with E-state index in [2.05, 4.69) is 11.7 Å².